The highest BCUT2D eigenvalue weighted by molar-refractivity contribution is 4.88. The lowest BCUT2D eigenvalue weighted by molar-refractivity contribution is 0.213. The van der Waals surface area contributed by atoms with Gasteiger partial charge in [0.05, 0.1) is 13.1 Å². The molecule has 0 radical (unpaired) electrons. The van der Waals surface area contributed by atoms with Crippen LogP contribution in [-0.4, -0.2) is 32.8 Å². The molecule has 2 rings (SSSR count). The van der Waals surface area contributed by atoms with E-state index in [1.807, 2.05) is 10.8 Å². The average molecular weight is 178 g/mol. The van der Waals surface area contributed by atoms with Gasteiger partial charge >= 0.3 is 0 Å². The van der Waals surface area contributed by atoms with E-state index in [1.165, 1.54) is 0 Å². The quantitative estimate of drug-likeness (QED) is 0.638. The zero-order valence-corrected chi connectivity index (χ0v) is 7.69. The van der Waals surface area contributed by atoms with Crippen molar-refractivity contribution in [1.29, 1.82) is 0 Å². The maximum absolute atomic E-state index is 4.20. The highest BCUT2D eigenvalue weighted by Crippen LogP contribution is 2.08. The van der Waals surface area contributed by atoms with Gasteiger partial charge in [0.15, 0.2) is 0 Å². The van der Waals surface area contributed by atoms with Gasteiger partial charge in [-0.1, -0.05) is 6.08 Å². The third kappa shape index (κ3) is 1.78. The summed E-state index contributed by atoms with van der Waals surface area (Å²) < 4.78 is 1.98. The van der Waals surface area contributed by atoms with E-state index in [-0.39, 0.29) is 0 Å². The second kappa shape index (κ2) is 3.70. The Labute approximate surface area is 77.9 Å². The number of rotatable bonds is 3. The third-order valence-corrected chi connectivity index (χ3v) is 2.34. The Morgan fingerprint density at radius 2 is 2.46 bits per heavy atom. The topological polar surface area (TPSA) is 34.0 Å². The molecule has 0 N–H and O–H groups in total. The van der Waals surface area contributed by atoms with Gasteiger partial charge in [-0.05, 0) is 6.42 Å². The number of nitrogens with zero attached hydrogens (tertiary/aromatic N) is 4. The molecular weight excluding hydrogens is 164 g/mol. The lowest BCUT2D eigenvalue weighted by Crippen LogP contribution is -2.34. The van der Waals surface area contributed by atoms with E-state index in [1.54, 1.807) is 6.33 Å². The summed E-state index contributed by atoms with van der Waals surface area (Å²) in [6, 6.07) is 0. The fraction of sp³-hybridized carbons (Fsp3) is 0.556. The van der Waals surface area contributed by atoms with Crippen molar-refractivity contribution < 1.29 is 0 Å². The van der Waals surface area contributed by atoms with Gasteiger partial charge in [-0.2, -0.15) is 5.10 Å². The summed E-state index contributed by atoms with van der Waals surface area (Å²) in [5, 5.41) is 4.13. The van der Waals surface area contributed by atoms with Crippen molar-refractivity contribution >= 4 is 0 Å². The Morgan fingerprint density at radius 1 is 1.54 bits per heavy atom. The largest absolute Gasteiger partial charge is 0.294 e. The molecule has 0 aliphatic carbocycles. The van der Waals surface area contributed by atoms with Crippen LogP contribution in [0.25, 0.3) is 0 Å². The average Bonchev–Trinajstić information content (AvgIpc) is 2.61. The molecule has 70 valence electrons. The number of hydrogen-bond acceptors (Lipinski definition) is 3. The molecule has 1 aliphatic heterocycles. The first-order valence-corrected chi connectivity index (χ1v) is 4.60. The van der Waals surface area contributed by atoms with Crippen molar-refractivity contribution in [2.24, 2.45) is 0 Å². The van der Waals surface area contributed by atoms with Crippen LogP contribution in [0.3, 0.4) is 0 Å². The minimum atomic E-state index is 0.924. The molecule has 1 aromatic rings. The number of hydrogen-bond donors (Lipinski definition) is 0. The lowest BCUT2D eigenvalue weighted by atomic mass is 10.3. The van der Waals surface area contributed by atoms with Gasteiger partial charge in [-0.3, -0.25) is 4.90 Å². The molecule has 0 saturated heterocycles. The van der Waals surface area contributed by atoms with Crippen LogP contribution in [0, 0.1) is 0 Å². The van der Waals surface area contributed by atoms with Crippen LogP contribution in [0.15, 0.2) is 19.0 Å². The number of aromatic nitrogens is 3. The van der Waals surface area contributed by atoms with E-state index < -0.39 is 0 Å². The summed E-state index contributed by atoms with van der Waals surface area (Å²) in [6.45, 7) is 7.76. The molecule has 0 saturated carbocycles. The van der Waals surface area contributed by atoms with Crippen LogP contribution in [0.4, 0.5) is 0 Å². The van der Waals surface area contributed by atoms with Gasteiger partial charge in [0, 0.05) is 13.1 Å². The fourth-order valence-electron chi connectivity index (χ4n) is 1.58. The van der Waals surface area contributed by atoms with Crippen LogP contribution in [0.1, 0.15) is 12.2 Å². The Morgan fingerprint density at radius 3 is 3.31 bits per heavy atom. The van der Waals surface area contributed by atoms with Crippen molar-refractivity contribution in [2.75, 3.05) is 13.1 Å². The monoisotopic (exact) mass is 178 g/mol. The molecule has 0 atom stereocenters. The van der Waals surface area contributed by atoms with Gasteiger partial charge in [-0.15, -0.1) is 6.58 Å². The van der Waals surface area contributed by atoms with Crippen LogP contribution in [-0.2, 0) is 13.1 Å². The van der Waals surface area contributed by atoms with Crippen molar-refractivity contribution in [3.05, 3.63) is 24.8 Å². The Bertz CT molecular complexity index is 292. The van der Waals surface area contributed by atoms with Gasteiger partial charge in [0.2, 0.25) is 0 Å². The van der Waals surface area contributed by atoms with Crippen LogP contribution in [0.2, 0.25) is 0 Å². The van der Waals surface area contributed by atoms with Crippen LogP contribution >= 0.6 is 0 Å². The van der Waals surface area contributed by atoms with Gasteiger partial charge in [0.25, 0.3) is 0 Å². The molecule has 0 bridgehead atoms. The maximum Gasteiger partial charge on any atom is 0.141 e. The molecule has 0 unspecified atom stereocenters. The summed E-state index contributed by atoms with van der Waals surface area (Å²) in [6.07, 6.45) is 4.64. The molecule has 1 aliphatic rings. The Kier molecular flexibility index (Phi) is 2.40. The first kappa shape index (κ1) is 8.44. The third-order valence-electron chi connectivity index (χ3n) is 2.34. The summed E-state index contributed by atoms with van der Waals surface area (Å²) >= 11 is 0. The SMILES string of the molecule is C=CCCN1CCn2ncnc2C1. The number of fused-ring (bicyclic) bond motifs is 1. The molecule has 2 heterocycles. The van der Waals surface area contributed by atoms with Gasteiger partial charge in [0.1, 0.15) is 12.2 Å². The van der Waals surface area contributed by atoms with E-state index in [0.29, 0.717) is 0 Å². The molecule has 0 amide bonds. The second-order valence-corrected chi connectivity index (χ2v) is 3.25. The Hall–Kier alpha value is -1.16. The maximum atomic E-state index is 4.20. The molecule has 4 heteroatoms. The summed E-state index contributed by atoms with van der Waals surface area (Å²) in [4.78, 5) is 6.58. The minimum Gasteiger partial charge on any atom is -0.294 e. The Balaban J connectivity index is 1.96. The highest BCUT2D eigenvalue weighted by atomic mass is 15.4. The van der Waals surface area contributed by atoms with E-state index >= 15 is 0 Å². The first-order valence-electron chi connectivity index (χ1n) is 4.60. The molecule has 13 heavy (non-hydrogen) atoms. The van der Waals surface area contributed by atoms with E-state index in [4.69, 9.17) is 0 Å². The normalized spacial score (nSPS) is 16.9. The predicted octanol–water partition coefficient (Wildman–Crippen LogP) is 0.670. The predicted molar refractivity (Wildman–Crippen MR) is 50.1 cm³/mol. The van der Waals surface area contributed by atoms with Crippen molar-refractivity contribution in [2.45, 2.75) is 19.5 Å². The van der Waals surface area contributed by atoms with Gasteiger partial charge < -0.3 is 0 Å². The standard InChI is InChI=1S/C9H14N4/c1-2-3-4-12-5-6-13-9(7-12)10-8-11-13/h2,8H,1,3-7H2. The second-order valence-electron chi connectivity index (χ2n) is 3.25. The van der Waals surface area contributed by atoms with Crippen LogP contribution < -0.4 is 0 Å². The van der Waals surface area contributed by atoms with Crippen molar-refractivity contribution in [1.82, 2.24) is 19.7 Å². The summed E-state index contributed by atoms with van der Waals surface area (Å²) in [5.41, 5.74) is 0. The van der Waals surface area contributed by atoms with E-state index in [9.17, 15) is 0 Å². The zero-order chi connectivity index (χ0) is 9.10. The lowest BCUT2D eigenvalue weighted by Gasteiger charge is -2.25. The fourth-order valence-corrected chi connectivity index (χ4v) is 1.58. The molecule has 0 spiro atoms. The smallest absolute Gasteiger partial charge is 0.141 e. The van der Waals surface area contributed by atoms with E-state index in [0.717, 1.165) is 38.4 Å². The zero-order valence-electron chi connectivity index (χ0n) is 7.69. The highest BCUT2D eigenvalue weighted by Gasteiger charge is 2.15. The van der Waals surface area contributed by atoms with Crippen molar-refractivity contribution in [3.8, 4) is 0 Å². The molecule has 1 aromatic heterocycles. The van der Waals surface area contributed by atoms with Gasteiger partial charge in [-0.25, -0.2) is 9.67 Å². The molecule has 0 aromatic carbocycles. The molecule has 4 nitrogen and oxygen atoms in total. The summed E-state index contributed by atoms with van der Waals surface area (Å²) in [7, 11) is 0. The molecule has 0 fully saturated rings. The van der Waals surface area contributed by atoms with E-state index in [2.05, 4.69) is 21.6 Å². The van der Waals surface area contributed by atoms with Crippen LogP contribution in [0.5, 0.6) is 0 Å². The van der Waals surface area contributed by atoms with Crippen molar-refractivity contribution in [3.63, 3.8) is 0 Å². The summed E-state index contributed by atoms with van der Waals surface area (Å²) in [5.74, 6) is 1.08. The minimum absolute atomic E-state index is 0.924. The molecular formula is C9H14N4. The first-order chi connectivity index (χ1) is 6.40.